The van der Waals surface area contributed by atoms with Crippen LogP contribution < -0.4 is 5.32 Å². The third-order valence-electron chi connectivity index (χ3n) is 4.98. The van der Waals surface area contributed by atoms with Gasteiger partial charge < -0.3 is 0 Å². The van der Waals surface area contributed by atoms with Gasteiger partial charge in [-0.3, -0.25) is 15.3 Å². The number of fused-ring (bicyclic) bond motifs is 1. The molecule has 134 valence electrons. The summed E-state index contributed by atoms with van der Waals surface area (Å²) < 4.78 is 0. The average Bonchev–Trinajstić information content (AvgIpc) is 3.33. The Morgan fingerprint density at radius 2 is 2.00 bits per heavy atom. The van der Waals surface area contributed by atoms with Crippen LogP contribution in [0, 0.1) is 0 Å². The first-order valence-corrected chi connectivity index (χ1v) is 10.3. The smallest absolute Gasteiger partial charge is 0.151 e. The number of hydrogen-bond donors (Lipinski definition) is 1. The van der Waals surface area contributed by atoms with Crippen molar-refractivity contribution in [3.05, 3.63) is 81.8 Å². The predicted octanol–water partition coefficient (Wildman–Crippen LogP) is 5.48. The molecule has 3 atom stereocenters. The lowest BCUT2D eigenvalue weighted by atomic mass is 10.1. The maximum absolute atomic E-state index is 6.29. The quantitative estimate of drug-likeness (QED) is 0.640. The van der Waals surface area contributed by atoms with Crippen LogP contribution in [0.5, 0.6) is 0 Å². The molecular formula is C22H18ClN3S. The molecule has 0 radical (unpaired) electrons. The number of halogens is 1. The monoisotopic (exact) mass is 391 g/mol. The van der Waals surface area contributed by atoms with Crippen molar-refractivity contribution >= 4 is 46.6 Å². The molecule has 27 heavy (non-hydrogen) atoms. The van der Waals surface area contributed by atoms with Crippen LogP contribution >= 0.6 is 23.4 Å². The van der Waals surface area contributed by atoms with Crippen molar-refractivity contribution in [2.75, 3.05) is 0 Å². The second kappa shape index (κ2) is 7.12. The highest BCUT2D eigenvalue weighted by atomic mass is 35.5. The number of nitrogens with zero attached hydrogens (tertiary/aromatic N) is 2. The van der Waals surface area contributed by atoms with E-state index < -0.39 is 0 Å². The highest BCUT2D eigenvalue weighted by molar-refractivity contribution is 8.04. The number of hydrogen-bond acceptors (Lipinski definition) is 4. The molecule has 1 unspecified atom stereocenters. The Morgan fingerprint density at radius 1 is 1.11 bits per heavy atom. The van der Waals surface area contributed by atoms with Crippen molar-refractivity contribution < 1.29 is 0 Å². The molecule has 0 amide bonds. The van der Waals surface area contributed by atoms with E-state index in [0.29, 0.717) is 12.0 Å². The van der Waals surface area contributed by atoms with Gasteiger partial charge in [0.25, 0.3) is 0 Å². The van der Waals surface area contributed by atoms with Gasteiger partial charge in [-0.05, 0) is 41.8 Å². The maximum atomic E-state index is 6.29. The zero-order valence-electron chi connectivity index (χ0n) is 14.5. The van der Waals surface area contributed by atoms with Crippen molar-refractivity contribution in [3.8, 4) is 0 Å². The molecule has 2 aromatic carbocycles. The fraction of sp³-hybridized carbons (Fsp3) is 0.182. The molecule has 1 aliphatic carbocycles. The second-order valence-electron chi connectivity index (χ2n) is 6.89. The van der Waals surface area contributed by atoms with Gasteiger partial charge in [0.15, 0.2) is 5.50 Å². The zero-order chi connectivity index (χ0) is 18.2. The largest absolute Gasteiger partial charge is 0.283 e. The first-order valence-electron chi connectivity index (χ1n) is 9.03. The second-order valence-corrected chi connectivity index (χ2v) is 8.45. The molecule has 5 heteroatoms. The van der Waals surface area contributed by atoms with Gasteiger partial charge >= 0.3 is 0 Å². The Bertz CT molecular complexity index is 1050. The van der Waals surface area contributed by atoms with E-state index in [1.54, 1.807) is 18.0 Å². The summed E-state index contributed by atoms with van der Waals surface area (Å²) in [5.41, 5.74) is 3.54. The molecule has 1 saturated carbocycles. The first kappa shape index (κ1) is 17.0. The van der Waals surface area contributed by atoms with Crippen molar-refractivity contribution in [1.82, 2.24) is 10.3 Å². The van der Waals surface area contributed by atoms with Crippen LogP contribution in [0.3, 0.4) is 0 Å². The Labute approximate surface area is 167 Å². The summed E-state index contributed by atoms with van der Waals surface area (Å²) in [6.07, 6.45) is 7.03. The Hall–Kier alpha value is -2.14. The number of allylic oxidation sites excluding steroid dienone is 1. The van der Waals surface area contributed by atoms with E-state index in [1.165, 1.54) is 12.0 Å². The molecule has 1 aromatic heterocycles. The molecule has 2 aliphatic rings. The van der Waals surface area contributed by atoms with E-state index in [9.17, 15) is 0 Å². The summed E-state index contributed by atoms with van der Waals surface area (Å²) in [7, 11) is 0. The molecule has 5 rings (SSSR count). The van der Waals surface area contributed by atoms with Crippen LogP contribution in [0.1, 0.15) is 23.5 Å². The number of thioether (sulfide) groups is 1. The Morgan fingerprint density at radius 3 is 2.89 bits per heavy atom. The maximum Gasteiger partial charge on any atom is 0.151 e. The summed E-state index contributed by atoms with van der Waals surface area (Å²) in [5, 5.41) is 5.36. The van der Waals surface area contributed by atoms with E-state index in [0.717, 1.165) is 26.4 Å². The lowest BCUT2D eigenvalue weighted by molar-refractivity contribution is 0.657. The van der Waals surface area contributed by atoms with Gasteiger partial charge in [-0.1, -0.05) is 59.8 Å². The summed E-state index contributed by atoms with van der Waals surface area (Å²) in [6.45, 7) is 0. The van der Waals surface area contributed by atoms with E-state index in [1.807, 2.05) is 18.3 Å². The first-order chi connectivity index (χ1) is 13.3. The average molecular weight is 392 g/mol. The molecular weight excluding hydrogens is 374 g/mol. The van der Waals surface area contributed by atoms with E-state index in [2.05, 4.69) is 63.8 Å². The van der Waals surface area contributed by atoms with Crippen molar-refractivity contribution in [2.45, 2.75) is 23.9 Å². The number of benzene rings is 2. The minimum Gasteiger partial charge on any atom is -0.283 e. The van der Waals surface area contributed by atoms with Crippen LogP contribution in [0.25, 0.3) is 17.0 Å². The number of aromatic nitrogens is 1. The van der Waals surface area contributed by atoms with E-state index >= 15 is 0 Å². The molecule has 3 nitrogen and oxygen atoms in total. The van der Waals surface area contributed by atoms with Gasteiger partial charge in [-0.15, -0.1) is 0 Å². The fourth-order valence-electron chi connectivity index (χ4n) is 3.49. The lowest BCUT2D eigenvalue weighted by Gasteiger charge is -2.09. The lowest BCUT2D eigenvalue weighted by Crippen LogP contribution is -2.25. The molecule has 0 bridgehead atoms. The molecule has 1 aliphatic heterocycles. The van der Waals surface area contributed by atoms with E-state index in [4.69, 9.17) is 11.6 Å². The van der Waals surface area contributed by atoms with Gasteiger partial charge in [0.1, 0.15) is 0 Å². The third-order valence-corrected chi connectivity index (χ3v) is 6.29. The Kier molecular flexibility index (Phi) is 4.48. The highest BCUT2D eigenvalue weighted by Gasteiger charge is 2.39. The van der Waals surface area contributed by atoms with Gasteiger partial charge in [0, 0.05) is 34.7 Å². The zero-order valence-corrected chi connectivity index (χ0v) is 16.1. The van der Waals surface area contributed by atoms with Crippen LogP contribution in [-0.2, 0) is 0 Å². The van der Waals surface area contributed by atoms with Crippen molar-refractivity contribution in [3.63, 3.8) is 0 Å². The molecule has 0 spiro atoms. The van der Waals surface area contributed by atoms with Crippen molar-refractivity contribution in [2.24, 2.45) is 4.99 Å². The van der Waals surface area contributed by atoms with Crippen LogP contribution in [0.2, 0.25) is 5.02 Å². The van der Waals surface area contributed by atoms with Gasteiger partial charge in [0.05, 0.1) is 10.5 Å². The van der Waals surface area contributed by atoms with E-state index in [-0.39, 0.29) is 5.50 Å². The van der Waals surface area contributed by atoms with Crippen LogP contribution in [-0.4, -0.2) is 22.7 Å². The minimum atomic E-state index is 0.0978. The normalized spacial score (nSPS) is 25.4. The molecule has 3 aromatic rings. The molecule has 2 heterocycles. The van der Waals surface area contributed by atoms with Gasteiger partial charge in [-0.2, -0.15) is 0 Å². The van der Waals surface area contributed by atoms with Crippen LogP contribution in [0.15, 0.2) is 70.7 Å². The topological polar surface area (TPSA) is 37.3 Å². The highest BCUT2D eigenvalue weighted by Crippen LogP contribution is 2.42. The predicted molar refractivity (Wildman–Crippen MR) is 115 cm³/mol. The van der Waals surface area contributed by atoms with Gasteiger partial charge in [-0.25, -0.2) is 0 Å². The number of aliphatic imine (C=N–C) groups is 1. The standard InChI is InChI=1S/C22H18ClN3S/c23-19-8-9-24-20-7-6-14(11-18(19)20)10-16-13-25-22(27-16)26-21-12-17(21)15-4-2-1-3-5-15/h1-11,13,17,21-22,26H,12H2/b16-10-/t17-,21+,22?/m0/s1. The summed E-state index contributed by atoms with van der Waals surface area (Å²) in [5.74, 6) is 0.616. The van der Waals surface area contributed by atoms with Crippen molar-refractivity contribution in [1.29, 1.82) is 0 Å². The molecule has 1 fully saturated rings. The van der Waals surface area contributed by atoms with Crippen LogP contribution in [0.4, 0.5) is 0 Å². The summed E-state index contributed by atoms with van der Waals surface area (Å²) in [6, 6.07) is 19.2. The Balaban J connectivity index is 1.25. The number of pyridine rings is 1. The number of nitrogens with one attached hydrogen (secondary N) is 1. The summed E-state index contributed by atoms with van der Waals surface area (Å²) in [4.78, 5) is 10.1. The van der Waals surface area contributed by atoms with Gasteiger partial charge in [0.2, 0.25) is 0 Å². The summed E-state index contributed by atoms with van der Waals surface area (Å²) >= 11 is 8.05. The molecule has 0 saturated heterocycles. The minimum absolute atomic E-state index is 0.0978. The fourth-order valence-corrected chi connectivity index (χ4v) is 4.65. The number of rotatable bonds is 4. The third kappa shape index (κ3) is 3.65. The SMILES string of the molecule is Clc1ccnc2ccc(/C=C3/C=NC(N[C@@H]4C[C@H]4c4ccccc4)S3)cc12. The molecule has 1 N–H and O–H groups in total.